The molecule has 1 N–H and O–H groups in total. The average molecular weight is 246 g/mol. The van der Waals surface area contributed by atoms with Crippen molar-refractivity contribution >= 4 is 5.69 Å². The predicted molar refractivity (Wildman–Crippen MR) is 67.0 cm³/mol. The van der Waals surface area contributed by atoms with Crippen LogP contribution in [0.3, 0.4) is 0 Å². The molecule has 0 radical (unpaired) electrons. The van der Waals surface area contributed by atoms with Gasteiger partial charge in [-0.1, -0.05) is 0 Å². The summed E-state index contributed by atoms with van der Waals surface area (Å²) in [5, 5.41) is 0. The highest BCUT2D eigenvalue weighted by molar-refractivity contribution is 5.47. The fourth-order valence-electron chi connectivity index (χ4n) is 2.54. The van der Waals surface area contributed by atoms with Crippen LogP contribution in [0.5, 0.6) is 0 Å². The van der Waals surface area contributed by atoms with E-state index in [-0.39, 0.29) is 5.82 Å². The Hall–Kier alpha value is -1.91. The second-order valence-electron chi connectivity index (χ2n) is 4.59. The van der Waals surface area contributed by atoms with Crippen LogP contribution in [-0.4, -0.2) is 28.0 Å². The Morgan fingerprint density at radius 3 is 3.11 bits per heavy atom. The summed E-state index contributed by atoms with van der Waals surface area (Å²) in [4.78, 5) is 13.3. The van der Waals surface area contributed by atoms with Gasteiger partial charge in [0.15, 0.2) is 5.82 Å². The van der Waals surface area contributed by atoms with Crippen molar-refractivity contribution in [2.75, 3.05) is 18.0 Å². The number of hydrogen-bond acceptors (Lipinski definition) is 3. The van der Waals surface area contributed by atoms with Gasteiger partial charge in [0.1, 0.15) is 5.82 Å². The quantitative estimate of drug-likeness (QED) is 0.884. The zero-order valence-electron chi connectivity index (χ0n) is 10.0. The lowest BCUT2D eigenvalue weighted by molar-refractivity contribution is 0.486. The van der Waals surface area contributed by atoms with Gasteiger partial charge >= 0.3 is 0 Å². The van der Waals surface area contributed by atoms with E-state index in [2.05, 4.69) is 19.9 Å². The van der Waals surface area contributed by atoms with E-state index in [0.29, 0.717) is 11.6 Å². The molecular weight excluding hydrogens is 231 g/mol. The van der Waals surface area contributed by atoms with Crippen molar-refractivity contribution in [3.8, 4) is 0 Å². The minimum atomic E-state index is -0.252. The third kappa shape index (κ3) is 2.08. The zero-order valence-corrected chi connectivity index (χ0v) is 10.0. The van der Waals surface area contributed by atoms with E-state index in [0.717, 1.165) is 31.8 Å². The van der Waals surface area contributed by atoms with Crippen LogP contribution in [-0.2, 0) is 0 Å². The summed E-state index contributed by atoms with van der Waals surface area (Å²) in [5.41, 5.74) is 0.640. The highest BCUT2D eigenvalue weighted by atomic mass is 19.1. The molecule has 3 rings (SSSR count). The molecule has 1 fully saturated rings. The Kier molecular flexibility index (Phi) is 2.96. The molecule has 0 spiro atoms. The van der Waals surface area contributed by atoms with Crippen molar-refractivity contribution in [2.24, 2.45) is 0 Å². The first-order valence-corrected chi connectivity index (χ1v) is 6.18. The molecule has 0 saturated carbocycles. The summed E-state index contributed by atoms with van der Waals surface area (Å²) in [6, 6.07) is 1.74. The normalized spacial score (nSPS) is 20.1. The van der Waals surface area contributed by atoms with Gasteiger partial charge in [0.2, 0.25) is 0 Å². The number of aromatic amines is 1. The third-order valence-corrected chi connectivity index (χ3v) is 3.42. The molecule has 0 aromatic carbocycles. The third-order valence-electron chi connectivity index (χ3n) is 3.42. The molecule has 4 nitrogen and oxygen atoms in total. The molecule has 0 aliphatic carbocycles. The Morgan fingerprint density at radius 1 is 1.39 bits per heavy atom. The molecule has 5 heteroatoms. The van der Waals surface area contributed by atoms with Gasteiger partial charge in [-0.2, -0.15) is 0 Å². The zero-order chi connectivity index (χ0) is 12.4. The topological polar surface area (TPSA) is 44.8 Å². The maximum atomic E-state index is 13.7. The fourth-order valence-corrected chi connectivity index (χ4v) is 2.54. The van der Waals surface area contributed by atoms with E-state index in [1.54, 1.807) is 18.5 Å². The first-order valence-electron chi connectivity index (χ1n) is 6.18. The number of halogens is 1. The van der Waals surface area contributed by atoms with Crippen molar-refractivity contribution in [2.45, 2.75) is 18.8 Å². The number of nitrogens with one attached hydrogen (secondary N) is 1. The van der Waals surface area contributed by atoms with Crippen LogP contribution >= 0.6 is 0 Å². The van der Waals surface area contributed by atoms with E-state index in [1.807, 2.05) is 6.20 Å². The first kappa shape index (κ1) is 11.2. The molecule has 0 bridgehead atoms. The lowest BCUT2D eigenvalue weighted by Crippen LogP contribution is -2.35. The van der Waals surface area contributed by atoms with Crippen molar-refractivity contribution in [1.29, 1.82) is 0 Å². The number of hydrogen-bond donors (Lipinski definition) is 1. The highest BCUT2D eigenvalue weighted by Crippen LogP contribution is 2.29. The summed E-state index contributed by atoms with van der Waals surface area (Å²) in [5.74, 6) is 1.09. The van der Waals surface area contributed by atoms with Crippen LogP contribution in [0.4, 0.5) is 10.1 Å². The molecule has 2 aromatic rings. The molecule has 3 heterocycles. The summed E-state index contributed by atoms with van der Waals surface area (Å²) in [6.07, 6.45) is 8.65. The standard InChI is InChI=1S/C13H15FN4/c14-11-8-15-4-3-12(11)18-7-1-2-10(9-18)13-16-5-6-17-13/h3-6,8,10H,1-2,7,9H2,(H,16,17). The van der Waals surface area contributed by atoms with Gasteiger partial charge in [-0.05, 0) is 18.9 Å². The Morgan fingerprint density at radius 2 is 2.33 bits per heavy atom. The summed E-state index contributed by atoms with van der Waals surface area (Å²) in [6.45, 7) is 1.69. The number of pyridine rings is 1. The Labute approximate surface area is 105 Å². The number of H-pyrrole nitrogens is 1. The molecule has 1 unspecified atom stereocenters. The molecule has 1 aliphatic rings. The van der Waals surface area contributed by atoms with E-state index in [9.17, 15) is 4.39 Å². The van der Waals surface area contributed by atoms with Gasteiger partial charge in [-0.3, -0.25) is 4.98 Å². The van der Waals surface area contributed by atoms with Crippen LogP contribution in [0.2, 0.25) is 0 Å². The number of rotatable bonds is 2. The lowest BCUT2D eigenvalue weighted by atomic mass is 9.97. The highest BCUT2D eigenvalue weighted by Gasteiger charge is 2.24. The van der Waals surface area contributed by atoms with Crippen molar-refractivity contribution in [3.63, 3.8) is 0 Å². The molecule has 1 atom stereocenters. The Bertz CT molecular complexity index is 511. The van der Waals surface area contributed by atoms with Gasteiger partial charge in [0.25, 0.3) is 0 Å². The van der Waals surface area contributed by atoms with Crippen LogP contribution in [0.15, 0.2) is 30.9 Å². The van der Waals surface area contributed by atoms with E-state index < -0.39 is 0 Å². The van der Waals surface area contributed by atoms with Crippen LogP contribution in [0.25, 0.3) is 0 Å². The van der Waals surface area contributed by atoms with Gasteiger partial charge < -0.3 is 9.88 Å². The molecule has 18 heavy (non-hydrogen) atoms. The maximum Gasteiger partial charge on any atom is 0.164 e. The SMILES string of the molecule is Fc1cnccc1N1CCCC(c2ncc[nH]2)C1. The van der Waals surface area contributed by atoms with Gasteiger partial charge in [0, 0.05) is 37.6 Å². The number of imidazole rings is 1. The van der Waals surface area contributed by atoms with Crippen LogP contribution in [0, 0.1) is 5.82 Å². The van der Waals surface area contributed by atoms with Crippen molar-refractivity contribution in [1.82, 2.24) is 15.0 Å². The molecule has 0 amide bonds. The van der Waals surface area contributed by atoms with E-state index in [1.165, 1.54) is 6.20 Å². The summed E-state index contributed by atoms with van der Waals surface area (Å²) in [7, 11) is 0. The molecule has 94 valence electrons. The Balaban J connectivity index is 1.81. The van der Waals surface area contributed by atoms with E-state index >= 15 is 0 Å². The number of nitrogens with zero attached hydrogens (tertiary/aromatic N) is 3. The maximum absolute atomic E-state index is 13.7. The fraction of sp³-hybridized carbons (Fsp3) is 0.385. The van der Waals surface area contributed by atoms with Crippen LogP contribution < -0.4 is 4.90 Å². The van der Waals surface area contributed by atoms with Crippen LogP contribution in [0.1, 0.15) is 24.6 Å². The lowest BCUT2D eigenvalue weighted by Gasteiger charge is -2.33. The molecule has 1 saturated heterocycles. The largest absolute Gasteiger partial charge is 0.368 e. The predicted octanol–water partition coefficient (Wildman–Crippen LogP) is 2.33. The van der Waals surface area contributed by atoms with Gasteiger partial charge in [-0.25, -0.2) is 9.37 Å². The monoisotopic (exact) mass is 246 g/mol. The summed E-state index contributed by atoms with van der Waals surface area (Å²) >= 11 is 0. The smallest absolute Gasteiger partial charge is 0.164 e. The molecule has 1 aliphatic heterocycles. The van der Waals surface area contributed by atoms with Gasteiger partial charge in [0.05, 0.1) is 11.9 Å². The molecular formula is C13H15FN4. The van der Waals surface area contributed by atoms with Crippen molar-refractivity contribution < 1.29 is 4.39 Å². The van der Waals surface area contributed by atoms with Gasteiger partial charge in [-0.15, -0.1) is 0 Å². The second-order valence-corrected chi connectivity index (χ2v) is 4.59. The number of piperidine rings is 1. The summed E-state index contributed by atoms with van der Waals surface area (Å²) < 4.78 is 13.7. The van der Waals surface area contributed by atoms with E-state index in [4.69, 9.17) is 0 Å². The average Bonchev–Trinajstić information content (AvgIpc) is 2.93. The second kappa shape index (κ2) is 4.76. The van der Waals surface area contributed by atoms with Crippen molar-refractivity contribution in [3.05, 3.63) is 42.5 Å². The number of anilines is 1. The number of aromatic nitrogens is 3. The minimum Gasteiger partial charge on any atom is -0.368 e. The minimum absolute atomic E-state index is 0.252. The molecule has 2 aromatic heterocycles. The first-order chi connectivity index (χ1) is 8.84.